The molecule has 0 saturated carbocycles. The molecule has 0 aliphatic carbocycles. The molecule has 4 atom stereocenters. The van der Waals surface area contributed by atoms with Crippen molar-refractivity contribution in [3.8, 4) is 0 Å². The number of hydrogen-bond acceptors (Lipinski definition) is 4. The number of benzene rings is 3. The van der Waals surface area contributed by atoms with Gasteiger partial charge in [0.05, 0.1) is 5.92 Å². The van der Waals surface area contributed by atoms with E-state index in [0.717, 1.165) is 28.4 Å². The highest BCUT2D eigenvalue weighted by atomic mass is 35.5. The Bertz CT molecular complexity index is 1220. The van der Waals surface area contributed by atoms with Gasteiger partial charge in [0.25, 0.3) is 0 Å². The smallest absolute Gasteiger partial charge is 0.250 e. The van der Waals surface area contributed by atoms with Gasteiger partial charge >= 0.3 is 0 Å². The molecular formula is C26H21ClN2O2S. The third-order valence-corrected chi connectivity index (χ3v) is 8.41. The standard InChI is InChI=1S/C26H21ClN2O2S/c27-18-12-10-16(11-13-18)22-21-14-32-15-29(21)26(19-8-4-5-9-20(19)28-25(26)31)23(22)24(30)17-6-2-1-3-7-17/h1-13,21-23H,14-15H2,(H,28,31)/t21-,22-,23-,26+/m0/s1. The minimum atomic E-state index is -1.03. The quantitative estimate of drug-likeness (QED) is 0.548. The fourth-order valence-electron chi connectivity index (χ4n) is 5.87. The number of para-hydroxylation sites is 1. The van der Waals surface area contributed by atoms with Gasteiger partial charge in [0.2, 0.25) is 5.91 Å². The first kappa shape index (κ1) is 20.0. The Labute approximate surface area is 196 Å². The van der Waals surface area contributed by atoms with Crippen LogP contribution in [0.25, 0.3) is 0 Å². The van der Waals surface area contributed by atoms with E-state index in [1.165, 1.54) is 0 Å². The molecule has 0 bridgehead atoms. The number of ketones is 1. The molecule has 160 valence electrons. The lowest BCUT2D eigenvalue weighted by molar-refractivity contribution is -0.127. The number of Topliss-reactive ketones (excluding diaryl/α,β-unsaturated/α-hetero) is 1. The summed E-state index contributed by atoms with van der Waals surface area (Å²) < 4.78 is 0. The number of nitrogens with one attached hydrogen (secondary N) is 1. The van der Waals surface area contributed by atoms with E-state index in [2.05, 4.69) is 10.2 Å². The highest BCUT2D eigenvalue weighted by Crippen LogP contribution is 2.61. The van der Waals surface area contributed by atoms with Gasteiger partial charge in [-0.25, -0.2) is 0 Å². The second-order valence-corrected chi connectivity index (χ2v) is 10.0. The first-order valence-electron chi connectivity index (χ1n) is 10.7. The maximum atomic E-state index is 14.2. The van der Waals surface area contributed by atoms with Gasteiger partial charge in [0.15, 0.2) is 5.78 Å². The summed E-state index contributed by atoms with van der Waals surface area (Å²) in [6.45, 7) is 0. The topological polar surface area (TPSA) is 49.4 Å². The number of nitrogens with zero attached hydrogens (tertiary/aromatic N) is 1. The van der Waals surface area contributed by atoms with E-state index < -0.39 is 11.5 Å². The Hall–Kier alpha value is -2.60. The Kier molecular flexibility index (Phi) is 4.68. The lowest BCUT2D eigenvalue weighted by atomic mass is 9.69. The van der Waals surface area contributed by atoms with Crippen molar-refractivity contribution >= 4 is 40.7 Å². The Morgan fingerprint density at radius 3 is 2.50 bits per heavy atom. The molecule has 3 aromatic rings. The Balaban J connectivity index is 1.62. The average Bonchev–Trinajstić information content (AvgIpc) is 3.48. The van der Waals surface area contributed by atoms with Crippen LogP contribution in [0.5, 0.6) is 0 Å². The lowest BCUT2D eigenvalue weighted by Crippen LogP contribution is -2.52. The van der Waals surface area contributed by atoms with Gasteiger partial charge in [-0.05, 0) is 23.8 Å². The highest BCUT2D eigenvalue weighted by Gasteiger charge is 2.69. The van der Waals surface area contributed by atoms with Crippen LogP contribution in [-0.2, 0) is 10.3 Å². The van der Waals surface area contributed by atoms with Gasteiger partial charge in [-0.2, -0.15) is 0 Å². The number of halogens is 1. The van der Waals surface area contributed by atoms with Gasteiger partial charge < -0.3 is 5.32 Å². The largest absolute Gasteiger partial charge is 0.324 e. The van der Waals surface area contributed by atoms with Crippen molar-refractivity contribution in [3.05, 3.63) is 101 Å². The maximum Gasteiger partial charge on any atom is 0.250 e. The summed E-state index contributed by atoms with van der Waals surface area (Å²) in [4.78, 5) is 30.3. The fourth-order valence-corrected chi connectivity index (χ4v) is 7.32. The van der Waals surface area contributed by atoms with E-state index in [1.54, 1.807) is 0 Å². The van der Waals surface area contributed by atoms with Gasteiger partial charge in [0, 0.05) is 45.4 Å². The number of fused-ring (bicyclic) bond motifs is 4. The van der Waals surface area contributed by atoms with Crippen LogP contribution in [0.2, 0.25) is 5.02 Å². The number of carbonyl (C=O) groups is 2. The zero-order valence-corrected chi connectivity index (χ0v) is 18.8. The molecule has 1 amide bonds. The van der Waals surface area contributed by atoms with E-state index in [9.17, 15) is 9.59 Å². The number of hydrogen-bond donors (Lipinski definition) is 1. The van der Waals surface area contributed by atoms with Crippen molar-refractivity contribution in [1.29, 1.82) is 0 Å². The number of rotatable bonds is 3. The highest BCUT2D eigenvalue weighted by molar-refractivity contribution is 7.99. The van der Waals surface area contributed by atoms with E-state index in [4.69, 9.17) is 11.6 Å². The molecule has 2 saturated heterocycles. The summed E-state index contributed by atoms with van der Waals surface area (Å²) in [7, 11) is 0. The zero-order chi connectivity index (χ0) is 21.9. The number of amides is 1. The molecule has 1 N–H and O–H groups in total. The molecule has 6 rings (SSSR count). The predicted molar refractivity (Wildman–Crippen MR) is 128 cm³/mol. The van der Waals surface area contributed by atoms with Gasteiger partial charge in [-0.15, -0.1) is 11.8 Å². The summed E-state index contributed by atoms with van der Waals surface area (Å²) in [5.41, 5.74) is 2.37. The molecule has 4 nitrogen and oxygen atoms in total. The Morgan fingerprint density at radius 1 is 1.00 bits per heavy atom. The molecule has 0 unspecified atom stereocenters. The van der Waals surface area contributed by atoms with Crippen LogP contribution in [0.1, 0.15) is 27.4 Å². The molecule has 3 heterocycles. The summed E-state index contributed by atoms with van der Waals surface area (Å²) in [6, 6.07) is 25.0. The van der Waals surface area contributed by atoms with Crippen molar-refractivity contribution < 1.29 is 9.59 Å². The van der Waals surface area contributed by atoms with Crippen molar-refractivity contribution in [3.63, 3.8) is 0 Å². The third kappa shape index (κ3) is 2.68. The summed E-state index contributed by atoms with van der Waals surface area (Å²) >= 11 is 8.01. The van der Waals surface area contributed by atoms with Crippen LogP contribution in [0.4, 0.5) is 5.69 Å². The van der Waals surface area contributed by atoms with Crippen molar-refractivity contribution in [1.82, 2.24) is 4.90 Å². The van der Waals surface area contributed by atoms with Crippen LogP contribution in [-0.4, -0.2) is 34.3 Å². The second-order valence-electron chi connectivity index (χ2n) is 8.59. The van der Waals surface area contributed by atoms with E-state index in [0.29, 0.717) is 10.6 Å². The second kappa shape index (κ2) is 7.48. The molecule has 3 aliphatic heterocycles. The van der Waals surface area contributed by atoms with Crippen LogP contribution >= 0.6 is 23.4 Å². The molecule has 2 fully saturated rings. The van der Waals surface area contributed by atoms with Crippen molar-refractivity contribution in [2.45, 2.75) is 17.5 Å². The molecular weight excluding hydrogens is 440 g/mol. The molecule has 3 aliphatic rings. The average molecular weight is 461 g/mol. The van der Waals surface area contributed by atoms with Gasteiger partial charge in [0.1, 0.15) is 5.54 Å². The molecule has 6 heteroatoms. The maximum absolute atomic E-state index is 14.2. The van der Waals surface area contributed by atoms with E-state index in [1.807, 2.05) is 90.6 Å². The van der Waals surface area contributed by atoms with E-state index >= 15 is 0 Å². The normalized spacial score (nSPS) is 28.5. The summed E-state index contributed by atoms with van der Waals surface area (Å²) in [5.74, 6) is 0.847. The van der Waals surface area contributed by atoms with Gasteiger partial charge in [-0.3, -0.25) is 14.5 Å². The minimum Gasteiger partial charge on any atom is -0.324 e. The van der Waals surface area contributed by atoms with Crippen molar-refractivity contribution in [2.75, 3.05) is 16.9 Å². The number of thioether (sulfide) groups is 1. The SMILES string of the molecule is O=C(c1ccccc1)[C@@H]1[C@@H](c2ccc(Cl)cc2)[C@@H]2CSCN2[C@@]12C(=O)Nc1ccccc12. The summed E-state index contributed by atoms with van der Waals surface area (Å²) in [6.07, 6.45) is 0. The lowest BCUT2D eigenvalue weighted by Gasteiger charge is -2.36. The zero-order valence-electron chi connectivity index (χ0n) is 17.2. The number of anilines is 1. The Morgan fingerprint density at radius 2 is 1.72 bits per heavy atom. The molecule has 0 radical (unpaired) electrons. The molecule has 3 aromatic carbocycles. The fraction of sp³-hybridized carbons (Fsp3) is 0.231. The minimum absolute atomic E-state index is 0.0109. The molecule has 0 aromatic heterocycles. The third-order valence-electron chi connectivity index (χ3n) is 7.12. The number of carbonyl (C=O) groups excluding carboxylic acids is 2. The van der Waals surface area contributed by atoms with E-state index in [-0.39, 0.29) is 23.7 Å². The van der Waals surface area contributed by atoms with Crippen LogP contribution in [0.15, 0.2) is 78.9 Å². The molecule has 32 heavy (non-hydrogen) atoms. The van der Waals surface area contributed by atoms with Crippen LogP contribution in [0.3, 0.4) is 0 Å². The van der Waals surface area contributed by atoms with Crippen LogP contribution in [0, 0.1) is 5.92 Å². The van der Waals surface area contributed by atoms with Crippen LogP contribution < -0.4 is 5.32 Å². The van der Waals surface area contributed by atoms with Crippen molar-refractivity contribution in [2.24, 2.45) is 5.92 Å². The first-order valence-corrected chi connectivity index (χ1v) is 12.3. The summed E-state index contributed by atoms with van der Waals surface area (Å²) in [5, 5.41) is 3.76. The molecule has 1 spiro atoms. The first-order chi connectivity index (χ1) is 15.6. The van der Waals surface area contributed by atoms with Gasteiger partial charge in [-0.1, -0.05) is 72.3 Å². The predicted octanol–water partition coefficient (Wildman–Crippen LogP) is 5.16. The monoisotopic (exact) mass is 460 g/mol.